The molecule has 0 fully saturated rings. The molecule has 5 heteroatoms. The van der Waals surface area contributed by atoms with E-state index in [1.165, 1.54) is 33.4 Å². The highest BCUT2D eigenvalue weighted by Crippen LogP contribution is 2.32. The number of para-hydroxylation sites is 1. The fourth-order valence-corrected chi connectivity index (χ4v) is 8.50. The molecule has 1 aliphatic carbocycles. The molecule has 0 spiro atoms. The van der Waals surface area contributed by atoms with Gasteiger partial charge in [-0.25, -0.2) is 15.0 Å². The van der Waals surface area contributed by atoms with Crippen LogP contribution in [0.2, 0.25) is 0 Å². The molecule has 6 aromatic carbocycles. The van der Waals surface area contributed by atoms with Crippen LogP contribution >= 0.6 is 0 Å². The van der Waals surface area contributed by atoms with E-state index in [1.807, 2.05) is 179 Å². The number of aryl methyl sites for hydroxylation is 4. The fraction of sp³-hybridized carbons (Fsp3) is 0.120. The topological polar surface area (TPSA) is 64.2 Å². The van der Waals surface area contributed by atoms with Gasteiger partial charge in [-0.2, -0.15) is 0 Å². The molecule has 0 aliphatic heterocycles. The molecule has 9 rings (SSSR count). The van der Waals surface area contributed by atoms with Crippen molar-refractivity contribution < 1.29 is 4.42 Å². The number of hydrogen-bond acceptors (Lipinski definition) is 5. The Labute approximate surface area is 474 Å². The third kappa shape index (κ3) is 16.3. The second-order valence-electron chi connectivity index (χ2n) is 19.1. The summed E-state index contributed by atoms with van der Waals surface area (Å²) < 4.78 is 6.56. The maximum Gasteiger partial charge on any atom is 0.165 e. The first kappa shape index (κ1) is 57.8. The largest absolute Gasteiger partial charge is 0.456 e. The molecule has 5 nitrogen and oxygen atoms in total. The van der Waals surface area contributed by atoms with Crippen LogP contribution < -0.4 is 10.6 Å². The smallest absolute Gasteiger partial charge is 0.165 e. The van der Waals surface area contributed by atoms with Gasteiger partial charge in [0.05, 0.1) is 5.69 Å². The first-order valence-electron chi connectivity index (χ1n) is 26.8. The van der Waals surface area contributed by atoms with Crippen molar-refractivity contribution in [1.29, 1.82) is 0 Å². The van der Waals surface area contributed by atoms with Crippen LogP contribution in [0.1, 0.15) is 73.8 Å². The van der Waals surface area contributed by atoms with E-state index in [2.05, 4.69) is 124 Å². The van der Waals surface area contributed by atoms with Crippen LogP contribution in [0.5, 0.6) is 0 Å². The van der Waals surface area contributed by atoms with E-state index in [0.717, 1.165) is 67.3 Å². The monoisotopic (exact) mass is 1040 g/mol. The summed E-state index contributed by atoms with van der Waals surface area (Å²) >= 11 is 0. The summed E-state index contributed by atoms with van der Waals surface area (Å²) in [4.78, 5) is 20.2. The quantitative estimate of drug-likeness (QED) is 0.0656. The Morgan fingerprint density at radius 3 is 1.88 bits per heavy atom. The number of fused-ring (bicyclic) bond motifs is 1. The van der Waals surface area contributed by atoms with Crippen LogP contribution in [0.15, 0.2) is 256 Å². The Bertz CT molecular complexity index is 3950. The zero-order valence-electron chi connectivity index (χ0n) is 47.2. The Morgan fingerprint density at radius 2 is 1.25 bits per heavy atom. The molecule has 0 atom stereocenters. The number of benzene rings is 6. The van der Waals surface area contributed by atoms with E-state index in [4.69, 9.17) is 37.2 Å². The van der Waals surface area contributed by atoms with Crippen molar-refractivity contribution in [1.82, 2.24) is 15.0 Å². The molecule has 1 aliphatic rings. The van der Waals surface area contributed by atoms with Crippen molar-refractivity contribution in [2.45, 2.75) is 61.8 Å². The Hall–Kier alpha value is -9.94. The SMILES string of the molecule is C#C/C(=C\C=C(/C)c1nc(C=c2/c(=C\C=C/C)oc3ccc(-c4ccc(C)c(-c5ccccc5C)c4)cc23)nc(/C(C=Nc2ccccc2)=C/C=C(C)/C(C#C)=C/C=C\C)n1)C1=CC=CC1.Cc1ccccc1.Cc1ccccc1. The minimum Gasteiger partial charge on any atom is -0.456 e. The lowest BCUT2D eigenvalue weighted by Crippen LogP contribution is -2.21. The summed E-state index contributed by atoms with van der Waals surface area (Å²) in [5.74, 6) is 6.99. The number of rotatable bonds is 13. The van der Waals surface area contributed by atoms with Gasteiger partial charge < -0.3 is 4.42 Å². The second-order valence-corrected chi connectivity index (χ2v) is 19.1. The normalized spacial score (nSPS) is 13.6. The van der Waals surface area contributed by atoms with Gasteiger partial charge in [0.15, 0.2) is 17.5 Å². The molecule has 394 valence electrons. The lowest BCUT2D eigenvalue weighted by Gasteiger charge is -2.12. The number of hydrogen-bond donors (Lipinski definition) is 0. The molecule has 0 bridgehead atoms. The average molecular weight is 1040 g/mol. The van der Waals surface area contributed by atoms with Crippen LogP contribution in [0.4, 0.5) is 5.69 Å². The average Bonchev–Trinajstić information content (AvgIpc) is 4.16. The molecular weight excluding hydrogens is 973 g/mol. The summed E-state index contributed by atoms with van der Waals surface area (Å²) in [6.07, 6.45) is 42.2. The number of aliphatic imine (C=N–C) groups is 1. The van der Waals surface area contributed by atoms with Crippen LogP contribution in [-0.2, 0) is 0 Å². The van der Waals surface area contributed by atoms with Crippen LogP contribution in [0.25, 0.3) is 56.5 Å². The molecule has 0 unspecified atom stereocenters. The Morgan fingerprint density at radius 1 is 0.613 bits per heavy atom. The molecule has 80 heavy (non-hydrogen) atoms. The van der Waals surface area contributed by atoms with Crippen molar-refractivity contribution in [3.8, 4) is 46.9 Å². The number of aromatic nitrogens is 3. The first-order valence-corrected chi connectivity index (χ1v) is 26.8. The van der Waals surface area contributed by atoms with Gasteiger partial charge >= 0.3 is 0 Å². The molecule has 0 saturated carbocycles. The van der Waals surface area contributed by atoms with E-state index in [-0.39, 0.29) is 0 Å². The van der Waals surface area contributed by atoms with E-state index in [0.29, 0.717) is 28.5 Å². The van der Waals surface area contributed by atoms with Crippen molar-refractivity contribution >= 4 is 46.2 Å². The summed E-state index contributed by atoms with van der Waals surface area (Å²) in [6, 6.07) is 51.8. The molecular formula is C75H68N4O. The highest BCUT2D eigenvalue weighted by molar-refractivity contribution is 6.09. The van der Waals surface area contributed by atoms with Gasteiger partial charge in [0.25, 0.3) is 0 Å². The standard InChI is InChI=1S/C61H52N4O.2C7H8/c1-9-13-23-46(11-3)42(5)30-35-51(41-62-52-26-16-15-17-27-52)61-64-59(63-60(65-61)45(8)32-33-47(12-4)48-24-19-20-25-48)40-56-55-39-50(36-37-58(55)66-57(56)29-14-10-2)49-34-31-44(7)54(38-49)53-28-21-18-22-43(53)6;2*1-7-5-3-2-4-6-7/h3-4,9-10,13-24,26-41H,25H2,1-2,5-8H3;2*2-6H,1H3/b13-9-,14-10-,42-30+,45-32+,46-23+,47-33+,51-35+,56-40?,57-29+,62-41?;;. The number of nitrogens with zero attached hydrogens (tertiary/aromatic N) is 4. The summed E-state index contributed by atoms with van der Waals surface area (Å²) in [5, 5.41) is 1.76. The van der Waals surface area contributed by atoms with Crippen LogP contribution in [0, 0.1) is 52.4 Å². The van der Waals surface area contributed by atoms with Gasteiger partial charge in [-0.15, -0.1) is 12.8 Å². The van der Waals surface area contributed by atoms with E-state index in [1.54, 1.807) is 6.21 Å². The zero-order chi connectivity index (χ0) is 56.6. The Balaban J connectivity index is 0.000000573. The van der Waals surface area contributed by atoms with E-state index in [9.17, 15) is 0 Å². The van der Waals surface area contributed by atoms with Gasteiger partial charge in [-0.1, -0.05) is 199 Å². The van der Waals surface area contributed by atoms with Crippen LogP contribution in [-0.4, -0.2) is 21.2 Å². The Kier molecular flexibility index (Phi) is 21.3. The van der Waals surface area contributed by atoms with Crippen molar-refractivity contribution in [3.05, 3.63) is 297 Å². The van der Waals surface area contributed by atoms with Gasteiger partial charge in [0.1, 0.15) is 11.0 Å². The third-order valence-electron chi connectivity index (χ3n) is 13.0. The minimum absolute atomic E-state index is 0.419. The molecule has 8 aromatic rings. The highest BCUT2D eigenvalue weighted by atomic mass is 16.3. The van der Waals surface area contributed by atoms with E-state index < -0.39 is 0 Å². The summed E-state index contributed by atoms with van der Waals surface area (Å²) in [7, 11) is 0. The van der Waals surface area contributed by atoms with Gasteiger partial charge in [0.2, 0.25) is 0 Å². The predicted octanol–water partition coefficient (Wildman–Crippen LogP) is 17.5. The minimum atomic E-state index is 0.419. The fourth-order valence-electron chi connectivity index (χ4n) is 8.50. The molecule has 0 radical (unpaired) electrons. The van der Waals surface area contributed by atoms with Gasteiger partial charge in [-0.05, 0) is 173 Å². The maximum absolute atomic E-state index is 6.56. The third-order valence-corrected chi connectivity index (χ3v) is 13.0. The predicted molar refractivity (Wildman–Crippen MR) is 341 cm³/mol. The molecule has 2 aromatic heterocycles. The first-order chi connectivity index (χ1) is 39.0. The van der Waals surface area contributed by atoms with E-state index >= 15 is 0 Å². The summed E-state index contributed by atoms with van der Waals surface area (Å²) in [5.41, 5.74) is 16.9. The highest BCUT2D eigenvalue weighted by Gasteiger charge is 2.14. The molecule has 0 amide bonds. The molecule has 0 N–H and O–H groups in total. The number of allylic oxidation sites excluding steroid dienone is 18. The lowest BCUT2D eigenvalue weighted by atomic mass is 9.92. The second kappa shape index (κ2) is 29.5. The molecule has 0 saturated heterocycles. The lowest BCUT2D eigenvalue weighted by molar-refractivity contribution is 0.575. The maximum atomic E-state index is 6.56. The zero-order valence-corrected chi connectivity index (χ0v) is 47.2. The summed E-state index contributed by atoms with van der Waals surface area (Å²) in [6.45, 7) is 16.4. The van der Waals surface area contributed by atoms with Crippen molar-refractivity contribution in [2.24, 2.45) is 4.99 Å². The number of furan rings is 1. The number of terminal acetylenes is 2. The van der Waals surface area contributed by atoms with Gasteiger partial charge in [-0.3, -0.25) is 4.99 Å². The molecule has 2 heterocycles. The van der Waals surface area contributed by atoms with Crippen LogP contribution in [0.3, 0.4) is 0 Å². The van der Waals surface area contributed by atoms with Gasteiger partial charge in [0, 0.05) is 33.5 Å². The van der Waals surface area contributed by atoms with Crippen molar-refractivity contribution in [3.63, 3.8) is 0 Å². The van der Waals surface area contributed by atoms with Crippen molar-refractivity contribution in [2.75, 3.05) is 0 Å².